The molecule has 4 nitrogen and oxygen atoms in total. The minimum atomic E-state index is -0.383. The highest BCUT2D eigenvalue weighted by Crippen LogP contribution is 2.24. The SMILES string of the molecule is COc1ccc(CC2CCN(C(=O)CCc3ccc(OC)c(F)c3)CC2)cc1. The maximum absolute atomic E-state index is 13.8. The van der Waals surface area contributed by atoms with Crippen LogP contribution in [0.4, 0.5) is 4.39 Å². The number of methoxy groups -OCH3 is 2. The molecule has 0 radical (unpaired) electrons. The van der Waals surface area contributed by atoms with Crippen molar-refractivity contribution >= 4 is 5.91 Å². The fourth-order valence-electron chi connectivity index (χ4n) is 3.76. The molecule has 2 aromatic rings. The first kappa shape index (κ1) is 20.2. The van der Waals surface area contributed by atoms with Gasteiger partial charge in [0.1, 0.15) is 5.75 Å². The van der Waals surface area contributed by atoms with Crippen LogP contribution in [0, 0.1) is 11.7 Å². The zero-order valence-electron chi connectivity index (χ0n) is 16.6. The summed E-state index contributed by atoms with van der Waals surface area (Å²) in [6, 6.07) is 13.1. The lowest BCUT2D eigenvalue weighted by atomic mass is 9.90. The van der Waals surface area contributed by atoms with Crippen LogP contribution in [0.25, 0.3) is 0 Å². The van der Waals surface area contributed by atoms with Gasteiger partial charge in [-0.05, 0) is 67.0 Å². The Kier molecular flexibility index (Phi) is 6.90. The number of benzene rings is 2. The summed E-state index contributed by atoms with van der Waals surface area (Å²) in [5, 5.41) is 0. The second kappa shape index (κ2) is 9.58. The van der Waals surface area contributed by atoms with Gasteiger partial charge in [-0.3, -0.25) is 4.79 Å². The van der Waals surface area contributed by atoms with E-state index in [4.69, 9.17) is 9.47 Å². The predicted octanol–water partition coefficient (Wildman–Crippen LogP) is 4.26. The number of carbonyl (C=O) groups excluding carboxylic acids is 1. The maximum atomic E-state index is 13.8. The Hall–Kier alpha value is -2.56. The highest BCUT2D eigenvalue weighted by molar-refractivity contribution is 5.76. The lowest BCUT2D eigenvalue weighted by molar-refractivity contribution is -0.132. The molecule has 3 rings (SSSR count). The molecule has 2 aromatic carbocycles. The lowest BCUT2D eigenvalue weighted by Gasteiger charge is -2.32. The Labute approximate surface area is 166 Å². The number of aryl methyl sites for hydroxylation is 1. The summed E-state index contributed by atoms with van der Waals surface area (Å²) in [7, 11) is 3.12. The highest BCUT2D eigenvalue weighted by atomic mass is 19.1. The monoisotopic (exact) mass is 385 g/mol. The van der Waals surface area contributed by atoms with Gasteiger partial charge in [0.2, 0.25) is 5.91 Å². The molecule has 0 saturated carbocycles. The van der Waals surface area contributed by atoms with Crippen LogP contribution in [-0.4, -0.2) is 38.1 Å². The second-order valence-corrected chi connectivity index (χ2v) is 7.35. The number of likely N-dealkylation sites (tertiary alicyclic amines) is 1. The molecule has 0 unspecified atom stereocenters. The smallest absolute Gasteiger partial charge is 0.222 e. The summed E-state index contributed by atoms with van der Waals surface area (Å²) in [6.07, 6.45) is 4.04. The van der Waals surface area contributed by atoms with Crippen LogP contribution in [0.1, 0.15) is 30.4 Å². The van der Waals surface area contributed by atoms with Crippen LogP contribution in [0.5, 0.6) is 11.5 Å². The summed E-state index contributed by atoms with van der Waals surface area (Å²) in [6.45, 7) is 1.60. The van der Waals surface area contributed by atoms with Gasteiger partial charge in [-0.25, -0.2) is 4.39 Å². The number of amides is 1. The molecule has 1 heterocycles. The van der Waals surface area contributed by atoms with Crippen LogP contribution >= 0.6 is 0 Å². The average molecular weight is 385 g/mol. The minimum Gasteiger partial charge on any atom is -0.497 e. The van der Waals surface area contributed by atoms with Crippen molar-refractivity contribution in [2.24, 2.45) is 5.92 Å². The Morgan fingerprint density at radius 1 is 1.04 bits per heavy atom. The Morgan fingerprint density at radius 3 is 2.32 bits per heavy atom. The van der Waals surface area contributed by atoms with Crippen molar-refractivity contribution < 1.29 is 18.7 Å². The van der Waals surface area contributed by atoms with Gasteiger partial charge < -0.3 is 14.4 Å². The Morgan fingerprint density at radius 2 is 1.71 bits per heavy atom. The molecule has 0 atom stereocenters. The standard InChI is InChI=1S/C23H28FNO3/c1-27-20-7-3-17(4-8-20)15-19-11-13-25(14-12-19)23(26)10-6-18-5-9-22(28-2)21(24)16-18/h3-5,7-9,16,19H,6,10-15H2,1-2H3. The Balaban J connectivity index is 1.43. The van der Waals surface area contributed by atoms with E-state index < -0.39 is 0 Å². The van der Waals surface area contributed by atoms with Gasteiger partial charge in [0.15, 0.2) is 11.6 Å². The van der Waals surface area contributed by atoms with Crippen molar-refractivity contribution in [1.29, 1.82) is 0 Å². The molecule has 0 aliphatic carbocycles. The van der Waals surface area contributed by atoms with E-state index in [9.17, 15) is 9.18 Å². The summed E-state index contributed by atoms with van der Waals surface area (Å²) in [5.41, 5.74) is 2.13. The van der Waals surface area contributed by atoms with Gasteiger partial charge in [0.25, 0.3) is 0 Å². The fourth-order valence-corrected chi connectivity index (χ4v) is 3.76. The first-order chi connectivity index (χ1) is 13.6. The van der Waals surface area contributed by atoms with E-state index in [1.165, 1.54) is 18.7 Å². The van der Waals surface area contributed by atoms with E-state index >= 15 is 0 Å². The van der Waals surface area contributed by atoms with E-state index in [2.05, 4.69) is 12.1 Å². The first-order valence-corrected chi connectivity index (χ1v) is 9.82. The molecular weight excluding hydrogens is 357 g/mol. The molecule has 5 heteroatoms. The number of nitrogens with zero attached hydrogens (tertiary/aromatic N) is 1. The number of carbonyl (C=O) groups is 1. The van der Waals surface area contributed by atoms with Crippen LogP contribution in [0.15, 0.2) is 42.5 Å². The minimum absolute atomic E-state index is 0.152. The third-order valence-electron chi connectivity index (χ3n) is 5.49. The van der Waals surface area contributed by atoms with Gasteiger partial charge in [0, 0.05) is 19.5 Å². The molecule has 1 fully saturated rings. The molecule has 1 amide bonds. The number of piperidine rings is 1. The van der Waals surface area contributed by atoms with Gasteiger partial charge in [0.05, 0.1) is 14.2 Å². The summed E-state index contributed by atoms with van der Waals surface area (Å²) < 4.78 is 23.9. The van der Waals surface area contributed by atoms with Crippen molar-refractivity contribution in [3.8, 4) is 11.5 Å². The molecule has 0 aromatic heterocycles. The van der Waals surface area contributed by atoms with E-state index in [1.807, 2.05) is 23.1 Å². The van der Waals surface area contributed by atoms with Crippen molar-refractivity contribution in [3.05, 3.63) is 59.4 Å². The van der Waals surface area contributed by atoms with Crippen LogP contribution in [0.3, 0.4) is 0 Å². The van der Waals surface area contributed by atoms with Crippen LogP contribution in [-0.2, 0) is 17.6 Å². The van der Waals surface area contributed by atoms with Crippen LogP contribution < -0.4 is 9.47 Å². The first-order valence-electron chi connectivity index (χ1n) is 9.82. The molecule has 0 bridgehead atoms. The normalized spacial score (nSPS) is 14.8. The molecule has 1 aliphatic heterocycles. The fraction of sp³-hybridized carbons (Fsp3) is 0.435. The van der Waals surface area contributed by atoms with Crippen LogP contribution in [0.2, 0.25) is 0 Å². The highest BCUT2D eigenvalue weighted by Gasteiger charge is 2.22. The van der Waals surface area contributed by atoms with Crippen molar-refractivity contribution in [3.63, 3.8) is 0 Å². The summed E-state index contributed by atoms with van der Waals surface area (Å²) in [4.78, 5) is 14.5. The largest absolute Gasteiger partial charge is 0.497 e. The number of ether oxygens (including phenoxy) is 2. The van der Waals surface area contributed by atoms with E-state index in [1.54, 1.807) is 13.2 Å². The van der Waals surface area contributed by atoms with Gasteiger partial charge in [-0.2, -0.15) is 0 Å². The van der Waals surface area contributed by atoms with Gasteiger partial charge in [-0.15, -0.1) is 0 Å². The summed E-state index contributed by atoms with van der Waals surface area (Å²) in [5.74, 6) is 1.48. The molecule has 1 saturated heterocycles. The third-order valence-corrected chi connectivity index (χ3v) is 5.49. The summed E-state index contributed by atoms with van der Waals surface area (Å²) >= 11 is 0. The molecule has 28 heavy (non-hydrogen) atoms. The molecule has 150 valence electrons. The quantitative estimate of drug-likeness (QED) is 0.715. The molecule has 0 spiro atoms. The zero-order chi connectivity index (χ0) is 19.9. The lowest BCUT2D eigenvalue weighted by Crippen LogP contribution is -2.39. The third kappa shape index (κ3) is 5.24. The zero-order valence-corrected chi connectivity index (χ0v) is 16.6. The van der Waals surface area contributed by atoms with E-state index in [0.717, 1.165) is 43.7 Å². The number of hydrogen-bond donors (Lipinski definition) is 0. The topological polar surface area (TPSA) is 38.8 Å². The second-order valence-electron chi connectivity index (χ2n) is 7.35. The average Bonchev–Trinajstić information content (AvgIpc) is 2.73. The number of rotatable bonds is 7. The molecular formula is C23H28FNO3. The predicted molar refractivity (Wildman–Crippen MR) is 107 cm³/mol. The number of halogens is 1. The molecule has 0 N–H and O–H groups in total. The number of hydrogen-bond acceptors (Lipinski definition) is 3. The van der Waals surface area contributed by atoms with Crippen molar-refractivity contribution in [1.82, 2.24) is 4.90 Å². The van der Waals surface area contributed by atoms with E-state index in [0.29, 0.717) is 18.8 Å². The van der Waals surface area contributed by atoms with Crippen molar-refractivity contribution in [2.75, 3.05) is 27.3 Å². The molecule has 1 aliphatic rings. The van der Waals surface area contributed by atoms with Gasteiger partial charge >= 0.3 is 0 Å². The Bertz CT molecular complexity index is 783. The van der Waals surface area contributed by atoms with Gasteiger partial charge in [-0.1, -0.05) is 18.2 Å². The van der Waals surface area contributed by atoms with E-state index in [-0.39, 0.29) is 17.5 Å². The van der Waals surface area contributed by atoms with Crippen molar-refractivity contribution in [2.45, 2.75) is 32.1 Å². The maximum Gasteiger partial charge on any atom is 0.222 e.